The Labute approximate surface area is 180 Å². The van der Waals surface area contributed by atoms with E-state index in [2.05, 4.69) is 27.9 Å². The van der Waals surface area contributed by atoms with Gasteiger partial charge >= 0.3 is 0 Å². The molecule has 6 nitrogen and oxygen atoms in total. The number of sulfonamides is 1. The Kier molecular flexibility index (Phi) is 8.26. The van der Waals surface area contributed by atoms with Crippen LogP contribution < -0.4 is 9.62 Å². The first-order valence-corrected chi connectivity index (χ1v) is 11.7. The smallest absolute Gasteiger partial charge is 0.232 e. The van der Waals surface area contributed by atoms with E-state index in [9.17, 15) is 13.2 Å². The molecule has 0 bridgehead atoms. The molecule has 0 atom stereocenters. The van der Waals surface area contributed by atoms with Gasteiger partial charge < -0.3 is 10.1 Å². The van der Waals surface area contributed by atoms with Crippen LogP contribution >= 0.6 is 22.6 Å². The summed E-state index contributed by atoms with van der Waals surface area (Å²) in [7, 11) is -1.82. The lowest BCUT2D eigenvalue weighted by molar-refractivity contribution is -0.116. The quantitative estimate of drug-likeness (QED) is 0.513. The number of halogens is 1. The zero-order valence-electron chi connectivity index (χ0n) is 16.2. The first-order valence-electron chi connectivity index (χ1n) is 8.82. The van der Waals surface area contributed by atoms with Gasteiger partial charge in [0.05, 0.1) is 18.6 Å². The number of hydrogen-bond donors (Lipinski definition) is 1. The fraction of sp³-hybridized carbons (Fsp3) is 0.350. The molecular weight excluding hydrogens is 491 g/mol. The lowest BCUT2D eigenvalue weighted by Crippen LogP contribution is -2.32. The molecule has 152 valence electrons. The van der Waals surface area contributed by atoms with Crippen LogP contribution in [0.5, 0.6) is 0 Å². The van der Waals surface area contributed by atoms with Crippen LogP contribution in [0.4, 0.5) is 11.4 Å². The number of nitrogens with one attached hydrogen (secondary N) is 1. The molecular formula is C20H25IN2O4S. The number of anilines is 2. The van der Waals surface area contributed by atoms with Crippen molar-refractivity contribution in [3.8, 4) is 0 Å². The number of rotatable bonds is 9. The SMILES string of the molecule is COCc1cccc(NC(=O)CCCN(c2ccc(I)cc2C)S(C)(=O)=O)c1. The van der Waals surface area contributed by atoms with Crippen LogP contribution in [-0.2, 0) is 26.2 Å². The Morgan fingerprint density at radius 1 is 1.21 bits per heavy atom. The second kappa shape index (κ2) is 10.2. The highest BCUT2D eigenvalue weighted by molar-refractivity contribution is 14.1. The molecule has 0 fully saturated rings. The summed E-state index contributed by atoms with van der Waals surface area (Å²) in [4.78, 5) is 12.2. The maximum absolute atomic E-state index is 12.2. The van der Waals surface area contributed by atoms with Crippen molar-refractivity contribution in [2.45, 2.75) is 26.4 Å². The molecule has 8 heteroatoms. The van der Waals surface area contributed by atoms with Crippen molar-refractivity contribution in [2.75, 3.05) is 29.5 Å². The number of nitrogens with zero attached hydrogens (tertiary/aromatic N) is 1. The molecule has 0 radical (unpaired) electrons. The van der Waals surface area contributed by atoms with E-state index < -0.39 is 10.0 Å². The first kappa shape index (κ1) is 22.6. The van der Waals surface area contributed by atoms with Crippen molar-refractivity contribution in [2.24, 2.45) is 0 Å². The van der Waals surface area contributed by atoms with Gasteiger partial charge in [-0.15, -0.1) is 0 Å². The van der Waals surface area contributed by atoms with Gasteiger partial charge in [0.15, 0.2) is 0 Å². The van der Waals surface area contributed by atoms with E-state index in [-0.39, 0.29) is 18.9 Å². The van der Waals surface area contributed by atoms with Gasteiger partial charge in [0.2, 0.25) is 15.9 Å². The van der Waals surface area contributed by atoms with Crippen LogP contribution in [0.25, 0.3) is 0 Å². The highest BCUT2D eigenvalue weighted by atomic mass is 127. The minimum absolute atomic E-state index is 0.151. The van der Waals surface area contributed by atoms with Crippen molar-refractivity contribution < 1.29 is 17.9 Å². The Hall–Kier alpha value is -1.65. The van der Waals surface area contributed by atoms with E-state index in [1.165, 1.54) is 10.6 Å². The van der Waals surface area contributed by atoms with Crippen molar-refractivity contribution in [3.05, 3.63) is 57.2 Å². The molecule has 0 saturated carbocycles. The third-order valence-corrected chi connectivity index (χ3v) is 5.97. The van der Waals surface area contributed by atoms with Gasteiger partial charge in [0.25, 0.3) is 0 Å². The molecule has 0 saturated heterocycles. The Morgan fingerprint density at radius 3 is 2.61 bits per heavy atom. The van der Waals surface area contributed by atoms with E-state index >= 15 is 0 Å². The van der Waals surface area contributed by atoms with Gasteiger partial charge in [-0.1, -0.05) is 12.1 Å². The molecule has 0 spiro atoms. The lowest BCUT2D eigenvalue weighted by atomic mass is 10.2. The molecule has 0 aliphatic rings. The molecule has 2 rings (SSSR count). The molecule has 0 unspecified atom stereocenters. The van der Waals surface area contributed by atoms with Gasteiger partial charge in [0.1, 0.15) is 0 Å². The Balaban J connectivity index is 1.98. The number of methoxy groups -OCH3 is 1. The molecule has 0 heterocycles. The normalized spacial score (nSPS) is 11.3. The molecule has 2 aromatic rings. The fourth-order valence-electron chi connectivity index (χ4n) is 2.88. The van der Waals surface area contributed by atoms with Gasteiger partial charge in [0, 0.05) is 29.3 Å². The van der Waals surface area contributed by atoms with Crippen molar-refractivity contribution >= 4 is 49.9 Å². The predicted molar refractivity (Wildman–Crippen MR) is 121 cm³/mol. The standard InChI is InChI=1S/C20H25IN2O4S/c1-15-12-17(21)9-10-19(15)23(28(3,25)26)11-5-8-20(24)22-18-7-4-6-16(13-18)14-27-2/h4,6-7,9-10,12-13H,5,8,11,14H2,1-3H3,(H,22,24). The third kappa shape index (κ3) is 6.75. The number of carbonyl (C=O) groups is 1. The van der Waals surface area contributed by atoms with Gasteiger partial charge in [-0.05, 0) is 77.4 Å². The molecule has 2 aromatic carbocycles. The minimum Gasteiger partial charge on any atom is -0.380 e. The number of amides is 1. The predicted octanol–water partition coefficient (Wildman–Crippen LogP) is 3.93. The second-order valence-corrected chi connectivity index (χ2v) is 9.70. The maximum Gasteiger partial charge on any atom is 0.232 e. The van der Waals surface area contributed by atoms with Crippen LogP contribution in [0.15, 0.2) is 42.5 Å². The lowest BCUT2D eigenvalue weighted by Gasteiger charge is -2.24. The summed E-state index contributed by atoms with van der Waals surface area (Å²) in [5, 5.41) is 2.85. The van der Waals surface area contributed by atoms with Crippen LogP contribution in [0, 0.1) is 10.5 Å². The molecule has 0 aromatic heterocycles. The average molecular weight is 516 g/mol. The molecule has 1 amide bonds. The fourth-order valence-corrected chi connectivity index (χ4v) is 4.55. The van der Waals surface area contributed by atoms with E-state index in [0.717, 1.165) is 14.7 Å². The largest absolute Gasteiger partial charge is 0.380 e. The third-order valence-electron chi connectivity index (χ3n) is 4.11. The van der Waals surface area contributed by atoms with Crippen molar-refractivity contribution in [1.82, 2.24) is 0 Å². The molecule has 0 aliphatic carbocycles. The summed E-state index contributed by atoms with van der Waals surface area (Å²) in [6.45, 7) is 2.61. The summed E-state index contributed by atoms with van der Waals surface area (Å²) < 4.78 is 32.0. The first-order chi connectivity index (χ1) is 13.2. The van der Waals surface area contributed by atoms with Crippen LogP contribution in [0.1, 0.15) is 24.0 Å². The minimum atomic E-state index is -3.44. The van der Waals surface area contributed by atoms with Crippen molar-refractivity contribution in [1.29, 1.82) is 0 Å². The Morgan fingerprint density at radius 2 is 1.96 bits per heavy atom. The summed E-state index contributed by atoms with van der Waals surface area (Å²) in [6.07, 6.45) is 1.83. The second-order valence-electron chi connectivity index (χ2n) is 6.55. The maximum atomic E-state index is 12.2. The number of carbonyl (C=O) groups excluding carboxylic acids is 1. The molecule has 0 aliphatic heterocycles. The van der Waals surface area contributed by atoms with Crippen LogP contribution in [0.2, 0.25) is 0 Å². The zero-order chi connectivity index (χ0) is 20.7. The summed E-state index contributed by atoms with van der Waals surface area (Å²) in [6, 6.07) is 13.1. The van der Waals surface area contributed by atoms with Crippen LogP contribution in [0.3, 0.4) is 0 Å². The zero-order valence-corrected chi connectivity index (χ0v) is 19.2. The number of hydrogen-bond acceptors (Lipinski definition) is 4. The summed E-state index contributed by atoms with van der Waals surface area (Å²) in [5.41, 5.74) is 3.21. The number of ether oxygens (including phenoxy) is 1. The van der Waals surface area contributed by atoms with Gasteiger partial charge in [-0.25, -0.2) is 8.42 Å². The molecule has 28 heavy (non-hydrogen) atoms. The summed E-state index contributed by atoms with van der Waals surface area (Å²) in [5.74, 6) is -0.151. The van der Waals surface area contributed by atoms with E-state index in [0.29, 0.717) is 24.4 Å². The highest BCUT2D eigenvalue weighted by Crippen LogP contribution is 2.25. The van der Waals surface area contributed by atoms with E-state index in [1.807, 2.05) is 43.3 Å². The van der Waals surface area contributed by atoms with Gasteiger partial charge in [-0.2, -0.15) is 0 Å². The Bertz CT molecular complexity index is 932. The topological polar surface area (TPSA) is 75.7 Å². The number of benzene rings is 2. The average Bonchev–Trinajstić information content (AvgIpc) is 2.59. The van der Waals surface area contributed by atoms with Crippen molar-refractivity contribution in [3.63, 3.8) is 0 Å². The summed E-state index contributed by atoms with van der Waals surface area (Å²) >= 11 is 2.19. The number of aryl methyl sites for hydroxylation is 1. The van der Waals surface area contributed by atoms with E-state index in [4.69, 9.17) is 4.74 Å². The molecule has 1 N–H and O–H groups in total. The van der Waals surface area contributed by atoms with Gasteiger partial charge in [-0.3, -0.25) is 9.10 Å². The monoisotopic (exact) mass is 516 g/mol. The highest BCUT2D eigenvalue weighted by Gasteiger charge is 2.19. The van der Waals surface area contributed by atoms with E-state index in [1.54, 1.807) is 13.2 Å². The van der Waals surface area contributed by atoms with Crippen LogP contribution in [-0.4, -0.2) is 34.2 Å².